The van der Waals surface area contributed by atoms with E-state index in [1.54, 1.807) is 0 Å². The lowest BCUT2D eigenvalue weighted by Crippen LogP contribution is -2.19. The highest BCUT2D eigenvalue weighted by Gasteiger charge is 2.09. The fraction of sp³-hybridized carbons (Fsp3) is 0.381. The maximum Gasteiger partial charge on any atom is 0.0841 e. The van der Waals surface area contributed by atoms with E-state index in [2.05, 4.69) is 60.2 Å². The van der Waals surface area contributed by atoms with Crippen molar-refractivity contribution in [2.24, 2.45) is 5.92 Å². The number of fused-ring (bicyclic) bond motifs is 1. The van der Waals surface area contributed by atoms with Gasteiger partial charge in [-0.15, -0.1) is 0 Å². The summed E-state index contributed by atoms with van der Waals surface area (Å²) >= 11 is 0. The van der Waals surface area contributed by atoms with Crippen LogP contribution in [0.15, 0.2) is 54.6 Å². The zero-order valence-electron chi connectivity index (χ0n) is 15.1. The van der Waals surface area contributed by atoms with Crippen molar-refractivity contribution < 1.29 is 4.74 Å². The van der Waals surface area contributed by atoms with Gasteiger partial charge in [0.05, 0.1) is 31.0 Å². The second-order valence-electron chi connectivity index (χ2n) is 6.75. The van der Waals surface area contributed by atoms with Crippen molar-refractivity contribution in [1.29, 1.82) is 0 Å². The topological polar surface area (TPSA) is 39.1 Å². The summed E-state index contributed by atoms with van der Waals surface area (Å²) in [4.78, 5) is 0. The first-order chi connectivity index (χ1) is 12.2. The smallest absolute Gasteiger partial charge is 0.0841 e. The molecule has 1 aromatic heterocycles. The molecule has 25 heavy (non-hydrogen) atoms. The van der Waals surface area contributed by atoms with E-state index in [4.69, 9.17) is 9.84 Å². The summed E-state index contributed by atoms with van der Waals surface area (Å²) in [6.07, 6.45) is 0. The Hall–Kier alpha value is -2.17. The predicted molar refractivity (Wildman–Crippen MR) is 102 cm³/mol. The van der Waals surface area contributed by atoms with Crippen molar-refractivity contribution in [2.45, 2.75) is 33.5 Å². The molecule has 3 rings (SSSR count). The molecule has 1 heterocycles. The molecule has 2 aromatic carbocycles. The molecule has 0 aliphatic carbocycles. The first-order valence-corrected chi connectivity index (χ1v) is 9.01. The number of nitrogens with zero attached hydrogens (tertiary/aromatic N) is 2. The molecule has 0 spiro atoms. The molecule has 0 saturated heterocycles. The highest BCUT2D eigenvalue weighted by atomic mass is 16.5. The van der Waals surface area contributed by atoms with E-state index in [-0.39, 0.29) is 0 Å². The van der Waals surface area contributed by atoms with Gasteiger partial charge in [0.25, 0.3) is 0 Å². The summed E-state index contributed by atoms with van der Waals surface area (Å²) in [5.74, 6) is 0.639. The van der Waals surface area contributed by atoms with Crippen LogP contribution in [-0.4, -0.2) is 22.9 Å². The van der Waals surface area contributed by atoms with Crippen LogP contribution in [-0.2, 0) is 24.4 Å². The Bertz CT molecular complexity index is 780. The van der Waals surface area contributed by atoms with Crippen molar-refractivity contribution in [1.82, 2.24) is 15.1 Å². The molecule has 0 fully saturated rings. The van der Waals surface area contributed by atoms with Crippen LogP contribution in [0.4, 0.5) is 0 Å². The van der Waals surface area contributed by atoms with Gasteiger partial charge < -0.3 is 10.1 Å². The van der Waals surface area contributed by atoms with Gasteiger partial charge in [-0.05, 0) is 24.1 Å². The Balaban J connectivity index is 1.60. The summed E-state index contributed by atoms with van der Waals surface area (Å²) in [7, 11) is 0. The van der Waals surface area contributed by atoms with Crippen molar-refractivity contribution in [3.8, 4) is 0 Å². The molecule has 132 valence electrons. The zero-order chi connectivity index (χ0) is 17.5. The molecule has 0 saturated carbocycles. The number of nitrogens with one attached hydrogen (secondary N) is 1. The molecule has 4 heteroatoms. The van der Waals surface area contributed by atoms with Crippen molar-refractivity contribution in [3.05, 3.63) is 65.9 Å². The number of hydrogen-bond acceptors (Lipinski definition) is 3. The highest BCUT2D eigenvalue weighted by molar-refractivity contribution is 5.81. The number of aromatic nitrogens is 2. The standard InChI is InChI=1S/C21H27N3O/c1-17(2)14-22-15-20-19-10-6-7-11-21(19)24(23-20)12-13-25-16-18-8-4-3-5-9-18/h3-11,17,22H,12-16H2,1-2H3. The summed E-state index contributed by atoms with van der Waals surface area (Å²) in [5, 5.41) is 9.52. The number of rotatable bonds is 9. The number of benzene rings is 2. The van der Waals surface area contributed by atoms with Crippen LogP contribution in [0.2, 0.25) is 0 Å². The molecular formula is C21H27N3O. The van der Waals surface area contributed by atoms with Crippen LogP contribution >= 0.6 is 0 Å². The van der Waals surface area contributed by atoms with E-state index in [9.17, 15) is 0 Å². The van der Waals surface area contributed by atoms with Gasteiger partial charge in [-0.1, -0.05) is 62.4 Å². The van der Waals surface area contributed by atoms with Gasteiger partial charge in [-0.25, -0.2) is 0 Å². The SMILES string of the molecule is CC(C)CNCc1nn(CCOCc2ccccc2)c2ccccc12. The fourth-order valence-electron chi connectivity index (χ4n) is 2.89. The average Bonchev–Trinajstić information content (AvgIpc) is 2.98. The molecule has 0 atom stereocenters. The Kier molecular flexibility index (Phi) is 6.20. The van der Waals surface area contributed by atoms with Crippen LogP contribution in [0, 0.1) is 5.92 Å². The molecule has 0 radical (unpaired) electrons. The van der Waals surface area contributed by atoms with Crippen molar-refractivity contribution >= 4 is 10.9 Å². The summed E-state index contributed by atoms with van der Waals surface area (Å²) in [6.45, 7) is 8.29. The Labute approximate surface area is 149 Å². The van der Waals surface area contributed by atoms with Gasteiger partial charge >= 0.3 is 0 Å². The van der Waals surface area contributed by atoms with Gasteiger partial charge in [0, 0.05) is 11.9 Å². The lowest BCUT2D eigenvalue weighted by Gasteiger charge is -2.06. The quantitative estimate of drug-likeness (QED) is 0.600. The fourth-order valence-corrected chi connectivity index (χ4v) is 2.89. The van der Waals surface area contributed by atoms with Crippen molar-refractivity contribution in [3.63, 3.8) is 0 Å². The predicted octanol–water partition coefficient (Wildman–Crippen LogP) is 4.00. The van der Waals surface area contributed by atoms with E-state index in [0.717, 1.165) is 25.3 Å². The van der Waals surface area contributed by atoms with E-state index in [0.29, 0.717) is 19.1 Å². The molecule has 1 N–H and O–H groups in total. The molecule has 3 aromatic rings. The van der Waals surface area contributed by atoms with E-state index in [1.807, 2.05) is 18.2 Å². The minimum Gasteiger partial charge on any atom is -0.375 e. The van der Waals surface area contributed by atoms with Gasteiger partial charge in [0.1, 0.15) is 0 Å². The van der Waals surface area contributed by atoms with E-state index < -0.39 is 0 Å². The Morgan fingerprint density at radius 2 is 1.80 bits per heavy atom. The molecule has 0 aliphatic heterocycles. The second-order valence-corrected chi connectivity index (χ2v) is 6.75. The lowest BCUT2D eigenvalue weighted by atomic mass is 10.2. The molecule has 0 unspecified atom stereocenters. The minimum absolute atomic E-state index is 0.639. The minimum atomic E-state index is 0.639. The summed E-state index contributed by atoms with van der Waals surface area (Å²) in [5.41, 5.74) is 3.48. The molecule has 0 aliphatic rings. The van der Waals surface area contributed by atoms with Crippen LogP contribution in [0.1, 0.15) is 25.1 Å². The van der Waals surface area contributed by atoms with Crippen LogP contribution < -0.4 is 5.32 Å². The molecule has 4 nitrogen and oxygen atoms in total. The normalized spacial score (nSPS) is 11.5. The van der Waals surface area contributed by atoms with E-state index in [1.165, 1.54) is 16.5 Å². The first kappa shape index (κ1) is 17.6. The molecule has 0 bridgehead atoms. The first-order valence-electron chi connectivity index (χ1n) is 9.01. The van der Waals surface area contributed by atoms with E-state index >= 15 is 0 Å². The van der Waals surface area contributed by atoms with Gasteiger partial charge in [0.2, 0.25) is 0 Å². The van der Waals surface area contributed by atoms with Gasteiger partial charge in [-0.2, -0.15) is 5.10 Å². The Morgan fingerprint density at radius 3 is 2.60 bits per heavy atom. The van der Waals surface area contributed by atoms with Crippen LogP contribution in [0.3, 0.4) is 0 Å². The number of hydrogen-bond donors (Lipinski definition) is 1. The number of para-hydroxylation sites is 1. The average molecular weight is 337 g/mol. The second kappa shape index (κ2) is 8.79. The lowest BCUT2D eigenvalue weighted by molar-refractivity contribution is 0.111. The van der Waals surface area contributed by atoms with Crippen LogP contribution in [0.5, 0.6) is 0 Å². The van der Waals surface area contributed by atoms with Gasteiger partial charge in [0.15, 0.2) is 0 Å². The monoisotopic (exact) mass is 337 g/mol. The van der Waals surface area contributed by atoms with Crippen molar-refractivity contribution in [2.75, 3.05) is 13.2 Å². The van der Waals surface area contributed by atoms with Gasteiger partial charge in [-0.3, -0.25) is 4.68 Å². The largest absolute Gasteiger partial charge is 0.375 e. The molecular weight excluding hydrogens is 310 g/mol. The maximum atomic E-state index is 5.82. The Morgan fingerprint density at radius 1 is 1.04 bits per heavy atom. The third kappa shape index (κ3) is 4.91. The highest BCUT2D eigenvalue weighted by Crippen LogP contribution is 2.18. The van der Waals surface area contributed by atoms with Crippen LogP contribution in [0.25, 0.3) is 10.9 Å². The number of ether oxygens (including phenoxy) is 1. The third-order valence-corrected chi connectivity index (χ3v) is 4.14. The molecule has 0 amide bonds. The maximum absolute atomic E-state index is 5.82. The zero-order valence-corrected chi connectivity index (χ0v) is 15.1. The summed E-state index contributed by atoms with van der Waals surface area (Å²) in [6, 6.07) is 18.7. The summed E-state index contributed by atoms with van der Waals surface area (Å²) < 4.78 is 7.88. The third-order valence-electron chi connectivity index (χ3n) is 4.14.